The molecule has 0 amide bonds. The fraction of sp³-hybridized carbons (Fsp3) is 0.250. The minimum Gasteiger partial charge on any atom is -0.330 e. The van der Waals surface area contributed by atoms with Crippen molar-refractivity contribution in [1.29, 1.82) is 0 Å². The van der Waals surface area contributed by atoms with Crippen molar-refractivity contribution in [2.24, 2.45) is 5.73 Å². The summed E-state index contributed by atoms with van der Waals surface area (Å²) >= 11 is 0. The average Bonchev–Trinajstić information content (AvgIpc) is 2.06. The number of nitrogens with zero attached hydrogens (tertiary/aromatic N) is 1. The molecule has 0 atom stereocenters. The molecule has 67 valence electrons. The standard InChI is InChI=1S/C8H10N2O2.B/c9-6-5-7-1-3-8(4-2-7)10(11)12;/h1-4H,5-6,9H2;. The predicted molar refractivity (Wildman–Crippen MR) is 51.6 cm³/mol. The molecule has 0 aliphatic carbocycles. The van der Waals surface area contributed by atoms with Crippen molar-refractivity contribution in [1.82, 2.24) is 0 Å². The first-order chi connectivity index (χ1) is 5.74. The van der Waals surface area contributed by atoms with Gasteiger partial charge in [0.2, 0.25) is 0 Å². The SMILES string of the molecule is NCCc1ccc([N+](=O)[O-])cc1.[B]. The summed E-state index contributed by atoms with van der Waals surface area (Å²) in [6.07, 6.45) is 0.762. The molecule has 0 unspecified atom stereocenters. The van der Waals surface area contributed by atoms with Crippen LogP contribution < -0.4 is 5.73 Å². The van der Waals surface area contributed by atoms with E-state index >= 15 is 0 Å². The number of nitrogens with two attached hydrogens (primary N) is 1. The van der Waals surface area contributed by atoms with Gasteiger partial charge in [0.15, 0.2) is 0 Å². The fourth-order valence-corrected chi connectivity index (χ4v) is 0.951. The van der Waals surface area contributed by atoms with Crippen molar-refractivity contribution in [2.75, 3.05) is 6.54 Å². The first-order valence-corrected chi connectivity index (χ1v) is 3.67. The van der Waals surface area contributed by atoms with E-state index in [4.69, 9.17) is 5.73 Å². The minimum atomic E-state index is -0.410. The minimum absolute atomic E-state index is 0. The highest BCUT2D eigenvalue weighted by Crippen LogP contribution is 2.11. The Labute approximate surface area is 78.5 Å². The summed E-state index contributed by atoms with van der Waals surface area (Å²) in [4.78, 5) is 9.84. The third-order valence-electron chi connectivity index (χ3n) is 1.58. The monoisotopic (exact) mass is 177 g/mol. The van der Waals surface area contributed by atoms with Crippen molar-refractivity contribution in [2.45, 2.75) is 6.42 Å². The summed E-state index contributed by atoms with van der Waals surface area (Å²) in [6.45, 7) is 0.567. The van der Waals surface area contributed by atoms with Crippen LogP contribution in [-0.2, 0) is 6.42 Å². The van der Waals surface area contributed by atoms with Crippen LogP contribution in [0.3, 0.4) is 0 Å². The molecule has 5 heteroatoms. The molecule has 0 aromatic heterocycles. The van der Waals surface area contributed by atoms with Gasteiger partial charge in [0, 0.05) is 20.5 Å². The van der Waals surface area contributed by atoms with E-state index in [1.165, 1.54) is 12.1 Å². The lowest BCUT2D eigenvalue weighted by atomic mass is 10.1. The van der Waals surface area contributed by atoms with Gasteiger partial charge < -0.3 is 5.73 Å². The van der Waals surface area contributed by atoms with Crippen molar-refractivity contribution in [3.8, 4) is 0 Å². The van der Waals surface area contributed by atoms with Gasteiger partial charge in [-0.25, -0.2) is 0 Å². The number of hydrogen-bond donors (Lipinski definition) is 1. The molecule has 0 aliphatic heterocycles. The molecular weight excluding hydrogens is 167 g/mol. The maximum Gasteiger partial charge on any atom is 0.269 e. The van der Waals surface area contributed by atoms with Gasteiger partial charge >= 0.3 is 0 Å². The van der Waals surface area contributed by atoms with Crippen LogP contribution >= 0.6 is 0 Å². The quantitative estimate of drug-likeness (QED) is 0.420. The molecule has 1 aromatic rings. The lowest BCUT2D eigenvalue weighted by Gasteiger charge is -1.96. The van der Waals surface area contributed by atoms with E-state index in [-0.39, 0.29) is 14.1 Å². The summed E-state index contributed by atoms with van der Waals surface area (Å²) in [6, 6.07) is 6.44. The topological polar surface area (TPSA) is 69.2 Å². The Morgan fingerprint density at radius 3 is 2.23 bits per heavy atom. The van der Waals surface area contributed by atoms with Crippen LogP contribution in [0, 0.1) is 10.1 Å². The van der Waals surface area contributed by atoms with Crippen LogP contribution in [0.25, 0.3) is 0 Å². The van der Waals surface area contributed by atoms with Crippen molar-refractivity contribution < 1.29 is 4.92 Å². The highest BCUT2D eigenvalue weighted by molar-refractivity contribution is 5.75. The molecule has 13 heavy (non-hydrogen) atoms. The van der Waals surface area contributed by atoms with E-state index in [1.54, 1.807) is 12.1 Å². The number of nitro groups is 1. The third kappa shape index (κ3) is 3.25. The van der Waals surface area contributed by atoms with Gasteiger partial charge in [0.25, 0.3) is 5.69 Å². The Morgan fingerprint density at radius 1 is 1.31 bits per heavy atom. The van der Waals surface area contributed by atoms with Gasteiger partial charge in [0.05, 0.1) is 4.92 Å². The summed E-state index contributed by atoms with van der Waals surface area (Å²) in [7, 11) is 0. The largest absolute Gasteiger partial charge is 0.330 e. The number of nitro benzene ring substituents is 1. The second kappa shape index (κ2) is 5.32. The number of benzene rings is 1. The maximum atomic E-state index is 10.3. The predicted octanol–water partition coefficient (Wildman–Crippen LogP) is 0.715. The van der Waals surface area contributed by atoms with E-state index in [9.17, 15) is 10.1 Å². The Balaban J connectivity index is 0.00000144. The van der Waals surface area contributed by atoms with Crippen LogP contribution in [0.1, 0.15) is 5.56 Å². The average molecular weight is 177 g/mol. The zero-order valence-corrected chi connectivity index (χ0v) is 7.14. The molecule has 0 saturated carbocycles. The van der Waals surface area contributed by atoms with Crippen molar-refractivity contribution >= 4 is 14.1 Å². The van der Waals surface area contributed by atoms with E-state index in [2.05, 4.69) is 0 Å². The first-order valence-electron chi connectivity index (χ1n) is 3.67. The van der Waals surface area contributed by atoms with Gasteiger partial charge in [0.1, 0.15) is 0 Å². The van der Waals surface area contributed by atoms with Crippen LogP contribution in [0.2, 0.25) is 0 Å². The molecule has 0 heterocycles. The maximum absolute atomic E-state index is 10.3. The Hall–Kier alpha value is -1.36. The molecule has 0 spiro atoms. The van der Waals surface area contributed by atoms with Gasteiger partial charge in [-0.3, -0.25) is 10.1 Å². The molecule has 3 radical (unpaired) electrons. The zero-order valence-electron chi connectivity index (χ0n) is 7.14. The summed E-state index contributed by atoms with van der Waals surface area (Å²) in [5.74, 6) is 0. The Bertz CT molecular complexity index is 274. The molecule has 1 aromatic carbocycles. The molecule has 2 N–H and O–H groups in total. The molecule has 0 aliphatic rings. The summed E-state index contributed by atoms with van der Waals surface area (Å²) in [5, 5.41) is 10.3. The van der Waals surface area contributed by atoms with E-state index in [0.29, 0.717) is 6.54 Å². The van der Waals surface area contributed by atoms with Gasteiger partial charge in [-0.1, -0.05) is 12.1 Å². The molecule has 0 fully saturated rings. The van der Waals surface area contributed by atoms with E-state index in [0.717, 1.165) is 12.0 Å². The number of hydrogen-bond acceptors (Lipinski definition) is 3. The van der Waals surface area contributed by atoms with Crippen LogP contribution in [-0.4, -0.2) is 19.9 Å². The number of non-ortho nitro benzene ring substituents is 1. The number of rotatable bonds is 3. The highest BCUT2D eigenvalue weighted by atomic mass is 16.6. The van der Waals surface area contributed by atoms with E-state index < -0.39 is 4.92 Å². The Morgan fingerprint density at radius 2 is 1.85 bits per heavy atom. The summed E-state index contributed by atoms with van der Waals surface area (Å²) in [5.41, 5.74) is 6.48. The van der Waals surface area contributed by atoms with Crippen LogP contribution in [0.15, 0.2) is 24.3 Å². The van der Waals surface area contributed by atoms with Crippen molar-refractivity contribution in [3.05, 3.63) is 39.9 Å². The second-order valence-corrected chi connectivity index (χ2v) is 2.46. The molecular formula is C8H10BN2O2. The molecule has 4 nitrogen and oxygen atoms in total. The molecule has 0 saturated heterocycles. The normalized spacial score (nSPS) is 9.00. The lowest BCUT2D eigenvalue weighted by molar-refractivity contribution is -0.384. The molecule has 0 bridgehead atoms. The lowest BCUT2D eigenvalue weighted by Crippen LogP contribution is -2.02. The van der Waals surface area contributed by atoms with Crippen LogP contribution in [0.5, 0.6) is 0 Å². The first kappa shape index (κ1) is 11.6. The van der Waals surface area contributed by atoms with Crippen LogP contribution in [0.4, 0.5) is 5.69 Å². The van der Waals surface area contributed by atoms with Crippen molar-refractivity contribution in [3.63, 3.8) is 0 Å². The Kier molecular flexibility index (Phi) is 4.76. The van der Waals surface area contributed by atoms with Gasteiger partial charge in [-0.05, 0) is 18.5 Å². The third-order valence-corrected chi connectivity index (χ3v) is 1.58. The van der Waals surface area contributed by atoms with Gasteiger partial charge in [-0.2, -0.15) is 0 Å². The second-order valence-electron chi connectivity index (χ2n) is 2.46. The van der Waals surface area contributed by atoms with E-state index in [1.807, 2.05) is 0 Å². The highest BCUT2D eigenvalue weighted by Gasteiger charge is 2.02. The summed E-state index contributed by atoms with van der Waals surface area (Å²) < 4.78 is 0. The smallest absolute Gasteiger partial charge is 0.269 e. The molecule has 1 rings (SSSR count). The van der Waals surface area contributed by atoms with Gasteiger partial charge in [-0.15, -0.1) is 0 Å². The zero-order chi connectivity index (χ0) is 8.97. The fourth-order valence-electron chi connectivity index (χ4n) is 0.951.